The number of nitrogens with zero attached hydrogens (tertiary/aromatic N) is 1. The van der Waals surface area contributed by atoms with E-state index < -0.39 is 0 Å². The monoisotopic (exact) mass is 346 g/mol. The minimum Gasteiger partial charge on any atom is -0.374 e. The Balaban J connectivity index is 1.99. The fourth-order valence-electron chi connectivity index (χ4n) is 2.36. The van der Waals surface area contributed by atoms with E-state index in [1.165, 1.54) is 16.8 Å². The van der Waals surface area contributed by atoms with Gasteiger partial charge in [0.15, 0.2) is 0 Å². The number of nitrogens with two attached hydrogens (primary N) is 1. The molecule has 2 aromatic carbocycles. The first-order chi connectivity index (χ1) is 10.1. The van der Waals surface area contributed by atoms with Gasteiger partial charge in [0.1, 0.15) is 0 Å². The van der Waals surface area contributed by atoms with Gasteiger partial charge in [-0.25, -0.2) is 0 Å². The van der Waals surface area contributed by atoms with E-state index in [0.29, 0.717) is 0 Å². The van der Waals surface area contributed by atoms with Crippen molar-refractivity contribution in [3.05, 3.63) is 64.1 Å². The number of anilines is 1. The first kappa shape index (κ1) is 16.1. The third-order valence-corrected chi connectivity index (χ3v) is 4.34. The molecule has 0 amide bonds. The summed E-state index contributed by atoms with van der Waals surface area (Å²) in [6.07, 6.45) is 1.95. The first-order valence-electron chi connectivity index (χ1n) is 7.35. The summed E-state index contributed by atoms with van der Waals surface area (Å²) in [5.74, 6) is 0. The molecule has 0 spiro atoms. The molecule has 1 unspecified atom stereocenters. The van der Waals surface area contributed by atoms with E-state index >= 15 is 0 Å². The Morgan fingerprint density at radius 3 is 2.48 bits per heavy atom. The number of hydrogen-bond donors (Lipinski definition) is 1. The SMILES string of the molecule is CC(N)Cc1ccc(N(C)CCc2ccccc2)cc1Br. The standard InChI is InChI=1S/C18H23BrN2/c1-14(20)12-16-8-9-17(13-18(16)19)21(2)11-10-15-6-4-3-5-7-15/h3-9,13-14H,10-12,20H2,1-2H3. The van der Waals surface area contributed by atoms with Crippen LogP contribution in [0.2, 0.25) is 0 Å². The summed E-state index contributed by atoms with van der Waals surface area (Å²) in [6.45, 7) is 3.04. The van der Waals surface area contributed by atoms with Crippen LogP contribution in [0.1, 0.15) is 18.1 Å². The number of likely N-dealkylation sites (N-methyl/N-ethyl adjacent to an activating group) is 1. The largest absolute Gasteiger partial charge is 0.374 e. The second kappa shape index (κ2) is 7.62. The summed E-state index contributed by atoms with van der Waals surface area (Å²) in [5, 5.41) is 0. The van der Waals surface area contributed by atoms with Crippen molar-refractivity contribution in [1.82, 2.24) is 0 Å². The van der Waals surface area contributed by atoms with Gasteiger partial charge in [0.05, 0.1) is 0 Å². The van der Waals surface area contributed by atoms with Crippen LogP contribution in [-0.4, -0.2) is 19.6 Å². The summed E-state index contributed by atoms with van der Waals surface area (Å²) < 4.78 is 1.14. The van der Waals surface area contributed by atoms with E-state index in [-0.39, 0.29) is 6.04 Å². The maximum absolute atomic E-state index is 5.87. The topological polar surface area (TPSA) is 29.3 Å². The second-order valence-electron chi connectivity index (χ2n) is 5.61. The number of hydrogen-bond acceptors (Lipinski definition) is 2. The highest BCUT2D eigenvalue weighted by atomic mass is 79.9. The van der Waals surface area contributed by atoms with E-state index in [1.54, 1.807) is 0 Å². The molecule has 2 aromatic rings. The molecule has 0 saturated carbocycles. The Bertz CT molecular complexity index is 567. The minimum absolute atomic E-state index is 0.183. The predicted octanol–water partition coefficient (Wildman–Crippen LogP) is 4.02. The Hall–Kier alpha value is -1.32. The van der Waals surface area contributed by atoms with Crippen molar-refractivity contribution < 1.29 is 0 Å². The molecule has 3 heteroatoms. The van der Waals surface area contributed by atoms with Crippen molar-refractivity contribution in [2.24, 2.45) is 5.73 Å². The maximum atomic E-state index is 5.87. The van der Waals surface area contributed by atoms with Gasteiger partial charge < -0.3 is 10.6 Å². The molecular formula is C18H23BrN2. The highest BCUT2D eigenvalue weighted by Crippen LogP contribution is 2.24. The van der Waals surface area contributed by atoms with Gasteiger partial charge in [-0.3, -0.25) is 0 Å². The van der Waals surface area contributed by atoms with Crippen molar-refractivity contribution in [3.63, 3.8) is 0 Å². The minimum atomic E-state index is 0.183. The number of halogens is 1. The third kappa shape index (κ3) is 4.87. The molecule has 21 heavy (non-hydrogen) atoms. The molecule has 0 aliphatic rings. The maximum Gasteiger partial charge on any atom is 0.0375 e. The lowest BCUT2D eigenvalue weighted by atomic mass is 10.1. The number of benzene rings is 2. The molecule has 0 heterocycles. The molecule has 0 aromatic heterocycles. The molecule has 0 aliphatic heterocycles. The van der Waals surface area contributed by atoms with Crippen LogP contribution in [0, 0.1) is 0 Å². The lowest BCUT2D eigenvalue weighted by molar-refractivity contribution is 0.736. The molecule has 2 N–H and O–H groups in total. The van der Waals surface area contributed by atoms with Gasteiger partial charge >= 0.3 is 0 Å². The van der Waals surface area contributed by atoms with Gasteiger partial charge in [0.25, 0.3) is 0 Å². The van der Waals surface area contributed by atoms with Crippen LogP contribution in [0.4, 0.5) is 5.69 Å². The molecule has 2 nitrogen and oxygen atoms in total. The highest BCUT2D eigenvalue weighted by molar-refractivity contribution is 9.10. The molecule has 1 atom stereocenters. The Morgan fingerprint density at radius 2 is 1.86 bits per heavy atom. The Morgan fingerprint density at radius 1 is 1.14 bits per heavy atom. The first-order valence-corrected chi connectivity index (χ1v) is 8.14. The third-order valence-electron chi connectivity index (χ3n) is 3.60. The second-order valence-corrected chi connectivity index (χ2v) is 6.47. The van der Waals surface area contributed by atoms with Crippen LogP contribution in [0.15, 0.2) is 53.0 Å². The van der Waals surface area contributed by atoms with Crippen molar-refractivity contribution in [2.45, 2.75) is 25.8 Å². The van der Waals surface area contributed by atoms with E-state index in [4.69, 9.17) is 5.73 Å². The van der Waals surface area contributed by atoms with E-state index in [2.05, 4.69) is 76.4 Å². The zero-order valence-electron chi connectivity index (χ0n) is 12.7. The van der Waals surface area contributed by atoms with Crippen molar-refractivity contribution in [1.29, 1.82) is 0 Å². The Kier molecular flexibility index (Phi) is 5.83. The average molecular weight is 347 g/mol. The van der Waals surface area contributed by atoms with Gasteiger partial charge in [-0.15, -0.1) is 0 Å². The molecule has 0 aliphatic carbocycles. The molecular weight excluding hydrogens is 324 g/mol. The van der Waals surface area contributed by atoms with Crippen LogP contribution in [0.5, 0.6) is 0 Å². The van der Waals surface area contributed by atoms with Crippen molar-refractivity contribution in [3.8, 4) is 0 Å². The fourth-order valence-corrected chi connectivity index (χ4v) is 2.89. The van der Waals surface area contributed by atoms with Crippen LogP contribution in [0.3, 0.4) is 0 Å². The highest BCUT2D eigenvalue weighted by Gasteiger charge is 2.07. The molecule has 2 rings (SSSR count). The molecule has 0 bridgehead atoms. The summed E-state index contributed by atoms with van der Waals surface area (Å²) in [5.41, 5.74) is 9.74. The lowest BCUT2D eigenvalue weighted by Gasteiger charge is -2.20. The van der Waals surface area contributed by atoms with Gasteiger partial charge in [-0.2, -0.15) is 0 Å². The van der Waals surface area contributed by atoms with Gasteiger partial charge in [-0.1, -0.05) is 52.3 Å². The molecule has 0 radical (unpaired) electrons. The summed E-state index contributed by atoms with van der Waals surface area (Å²) in [4.78, 5) is 2.29. The van der Waals surface area contributed by atoms with Crippen molar-refractivity contribution in [2.75, 3.05) is 18.5 Å². The average Bonchev–Trinajstić information content (AvgIpc) is 2.47. The van der Waals surface area contributed by atoms with Crippen LogP contribution in [0.25, 0.3) is 0 Å². The zero-order valence-corrected chi connectivity index (χ0v) is 14.3. The fraction of sp³-hybridized carbons (Fsp3) is 0.333. The normalized spacial score (nSPS) is 12.2. The molecule has 0 saturated heterocycles. The summed E-state index contributed by atoms with van der Waals surface area (Å²) in [7, 11) is 2.13. The van der Waals surface area contributed by atoms with E-state index in [1.807, 2.05) is 6.92 Å². The van der Waals surface area contributed by atoms with Crippen LogP contribution in [-0.2, 0) is 12.8 Å². The number of rotatable bonds is 6. The van der Waals surface area contributed by atoms with Gasteiger partial charge in [0.2, 0.25) is 0 Å². The van der Waals surface area contributed by atoms with Gasteiger partial charge in [0, 0.05) is 29.8 Å². The van der Waals surface area contributed by atoms with E-state index in [9.17, 15) is 0 Å². The summed E-state index contributed by atoms with van der Waals surface area (Å²) in [6, 6.07) is 17.3. The Labute approximate surface area is 136 Å². The smallest absolute Gasteiger partial charge is 0.0375 e. The van der Waals surface area contributed by atoms with Gasteiger partial charge in [-0.05, 0) is 43.0 Å². The zero-order chi connectivity index (χ0) is 15.2. The predicted molar refractivity (Wildman–Crippen MR) is 94.9 cm³/mol. The molecule has 0 fully saturated rings. The lowest BCUT2D eigenvalue weighted by Crippen LogP contribution is -2.21. The van der Waals surface area contributed by atoms with Crippen molar-refractivity contribution >= 4 is 21.6 Å². The molecule has 112 valence electrons. The van der Waals surface area contributed by atoms with Crippen LogP contribution < -0.4 is 10.6 Å². The summed E-state index contributed by atoms with van der Waals surface area (Å²) >= 11 is 3.66. The van der Waals surface area contributed by atoms with E-state index in [0.717, 1.165) is 23.9 Å². The quantitative estimate of drug-likeness (QED) is 0.855. The van der Waals surface area contributed by atoms with Crippen LogP contribution >= 0.6 is 15.9 Å².